The number of amides is 1. The van der Waals surface area contributed by atoms with Crippen LogP contribution in [-0.4, -0.2) is 41.2 Å². The van der Waals surface area contributed by atoms with Gasteiger partial charge in [0.15, 0.2) is 0 Å². The number of rotatable bonds is 5. The zero-order valence-corrected chi connectivity index (χ0v) is 11.8. The van der Waals surface area contributed by atoms with Crippen molar-refractivity contribution in [3.8, 4) is 17.2 Å². The van der Waals surface area contributed by atoms with E-state index in [-0.39, 0.29) is 11.8 Å². The molecule has 0 spiro atoms. The number of hydrogen-bond donors (Lipinski definition) is 0. The Hall–Kier alpha value is -2.37. The molecule has 0 aliphatic heterocycles. The van der Waals surface area contributed by atoms with Crippen LogP contribution in [0, 0.1) is 0 Å². The molecule has 0 saturated carbocycles. The molecule has 0 N–H and O–H groups in total. The molecule has 0 saturated heterocycles. The van der Waals surface area contributed by atoms with E-state index in [0.717, 1.165) is 11.3 Å². The van der Waals surface area contributed by atoms with Gasteiger partial charge in [0.05, 0.1) is 7.11 Å². The zero-order chi connectivity index (χ0) is 14.5. The molecule has 2 aromatic rings. The van der Waals surface area contributed by atoms with E-state index in [1.165, 1.54) is 0 Å². The number of ether oxygens (including phenoxy) is 1. The molecule has 0 fully saturated rings. The van der Waals surface area contributed by atoms with Crippen LogP contribution in [0.3, 0.4) is 0 Å². The van der Waals surface area contributed by atoms with Crippen LogP contribution in [0.1, 0.15) is 24.5 Å². The summed E-state index contributed by atoms with van der Waals surface area (Å²) in [5.74, 6) is 0.831. The van der Waals surface area contributed by atoms with Crippen LogP contribution in [0.25, 0.3) is 11.5 Å². The van der Waals surface area contributed by atoms with Crippen LogP contribution >= 0.6 is 0 Å². The summed E-state index contributed by atoms with van der Waals surface area (Å²) in [6.07, 6.45) is 0. The summed E-state index contributed by atoms with van der Waals surface area (Å²) in [6.45, 7) is 5.02. The van der Waals surface area contributed by atoms with Crippen molar-refractivity contribution in [3.63, 3.8) is 0 Å². The van der Waals surface area contributed by atoms with Gasteiger partial charge in [-0.15, -0.1) is 10.2 Å². The number of carbonyl (C=O) groups excluding carboxylic acids is 1. The van der Waals surface area contributed by atoms with Crippen LogP contribution in [0.2, 0.25) is 0 Å². The fourth-order valence-corrected chi connectivity index (χ4v) is 1.81. The minimum Gasteiger partial charge on any atom is -0.497 e. The SMILES string of the molecule is CCN(CC)C(=O)c1nnc(-c2ccc(OC)cc2)o1. The van der Waals surface area contributed by atoms with E-state index in [1.54, 1.807) is 36.3 Å². The van der Waals surface area contributed by atoms with Crippen molar-refractivity contribution in [3.05, 3.63) is 30.2 Å². The second-order valence-electron chi connectivity index (χ2n) is 4.12. The summed E-state index contributed by atoms with van der Waals surface area (Å²) in [6, 6.07) is 7.20. The maximum atomic E-state index is 12.1. The normalized spacial score (nSPS) is 10.3. The fraction of sp³-hybridized carbons (Fsp3) is 0.357. The van der Waals surface area contributed by atoms with Crippen molar-refractivity contribution in [2.24, 2.45) is 0 Å². The lowest BCUT2D eigenvalue weighted by Gasteiger charge is -2.15. The monoisotopic (exact) mass is 275 g/mol. The Morgan fingerprint density at radius 2 is 1.85 bits per heavy atom. The van der Waals surface area contributed by atoms with Gasteiger partial charge in [-0.05, 0) is 38.1 Å². The highest BCUT2D eigenvalue weighted by Crippen LogP contribution is 2.21. The van der Waals surface area contributed by atoms with E-state index < -0.39 is 0 Å². The predicted molar refractivity (Wildman–Crippen MR) is 73.5 cm³/mol. The fourth-order valence-electron chi connectivity index (χ4n) is 1.81. The van der Waals surface area contributed by atoms with Crippen molar-refractivity contribution < 1.29 is 13.9 Å². The van der Waals surface area contributed by atoms with Crippen molar-refractivity contribution >= 4 is 5.91 Å². The standard InChI is InChI=1S/C14H17N3O3/c1-4-17(5-2)14(18)13-16-15-12(20-13)10-6-8-11(19-3)9-7-10/h6-9H,4-5H2,1-3H3. The number of nitrogens with zero attached hydrogens (tertiary/aromatic N) is 3. The molecule has 0 aliphatic carbocycles. The Morgan fingerprint density at radius 3 is 2.40 bits per heavy atom. The first kappa shape index (κ1) is 14.0. The smallest absolute Gasteiger partial charge is 0.311 e. The third kappa shape index (κ3) is 2.79. The first-order valence-corrected chi connectivity index (χ1v) is 6.46. The first-order chi connectivity index (χ1) is 9.69. The molecule has 0 unspecified atom stereocenters. The molecule has 1 amide bonds. The van der Waals surface area contributed by atoms with Gasteiger partial charge in [0.1, 0.15) is 5.75 Å². The Kier molecular flexibility index (Phi) is 4.34. The lowest BCUT2D eigenvalue weighted by atomic mass is 10.2. The molecule has 6 heteroatoms. The van der Waals surface area contributed by atoms with E-state index in [9.17, 15) is 4.79 Å². The molecule has 0 aliphatic rings. The van der Waals surface area contributed by atoms with E-state index in [4.69, 9.17) is 9.15 Å². The molecule has 0 atom stereocenters. The van der Waals surface area contributed by atoms with Gasteiger partial charge in [-0.25, -0.2) is 0 Å². The van der Waals surface area contributed by atoms with Crippen LogP contribution in [0.15, 0.2) is 28.7 Å². The Labute approximate surface area is 117 Å². The first-order valence-electron chi connectivity index (χ1n) is 6.46. The molecular weight excluding hydrogens is 258 g/mol. The molecule has 1 heterocycles. The van der Waals surface area contributed by atoms with Gasteiger partial charge in [-0.1, -0.05) is 0 Å². The Bertz CT molecular complexity index is 574. The highest BCUT2D eigenvalue weighted by molar-refractivity contribution is 5.89. The average molecular weight is 275 g/mol. The Morgan fingerprint density at radius 1 is 1.20 bits per heavy atom. The van der Waals surface area contributed by atoms with Crippen LogP contribution in [0.4, 0.5) is 0 Å². The number of benzene rings is 1. The van der Waals surface area contributed by atoms with Crippen molar-refractivity contribution in [1.82, 2.24) is 15.1 Å². The van der Waals surface area contributed by atoms with Crippen LogP contribution in [0.5, 0.6) is 5.75 Å². The molecule has 20 heavy (non-hydrogen) atoms. The molecular formula is C14H17N3O3. The summed E-state index contributed by atoms with van der Waals surface area (Å²) >= 11 is 0. The molecule has 1 aromatic carbocycles. The van der Waals surface area contributed by atoms with E-state index in [0.29, 0.717) is 19.0 Å². The number of methoxy groups -OCH3 is 1. The maximum Gasteiger partial charge on any atom is 0.311 e. The number of hydrogen-bond acceptors (Lipinski definition) is 5. The molecule has 0 bridgehead atoms. The van der Waals surface area contributed by atoms with Crippen molar-refractivity contribution in [2.75, 3.05) is 20.2 Å². The van der Waals surface area contributed by atoms with Gasteiger partial charge in [-0.3, -0.25) is 4.79 Å². The molecule has 0 radical (unpaired) electrons. The van der Waals surface area contributed by atoms with Gasteiger partial charge < -0.3 is 14.1 Å². The van der Waals surface area contributed by atoms with E-state index in [2.05, 4.69) is 10.2 Å². The largest absolute Gasteiger partial charge is 0.497 e. The van der Waals surface area contributed by atoms with E-state index in [1.807, 2.05) is 13.8 Å². The third-order valence-electron chi connectivity index (χ3n) is 3.00. The summed E-state index contributed by atoms with van der Waals surface area (Å²) < 4.78 is 10.5. The van der Waals surface area contributed by atoms with Gasteiger partial charge in [0.2, 0.25) is 5.89 Å². The van der Waals surface area contributed by atoms with Crippen molar-refractivity contribution in [1.29, 1.82) is 0 Å². The summed E-state index contributed by atoms with van der Waals surface area (Å²) in [7, 11) is 1.60. The zero-order valence-electron chi connectivity index (χ0n) is 11.8. The minimum absolute atomic E-state index is 0.0134. The number of carbonyl (C=O) groups is 1. The van der Waals surface area contributed by atoms with Crippen LogP contribution < -0.4 is 4.74 Å². The van der Waals surface area contributed by atoms with Gasteiger partial charge >= 0.3 is 11.8 Å². The lowest BCUT2D eigenvalue weighted by molar-refractivity contribution is 0.0733. The summed E-state index contributed by atoms with van der Waals surface area (Å²) in [5, 5.41) is 7.72. The van der Waals surface area contributed by atoms with Crippen molar-refractivity contribution in [2.45, 2.75) is 13.8 Å². The topological polar surface area (TPSA) is 68.5 Å². The third-order valence-corrected chi connectivity index (χ3v) is 3.00. The second kappa shape index (κ2) is 6.18. The highest BCUT2D eigenvalue weighted by Gasteiger charge is 2.20. The molecule has 6 nitrogen and oxygen atoms in total. The van der Waals surface area contributed by atoms with Gasteiger partial charge in [-0.2, -0.15) is 0 Å². The second-order valence-corrected chi connectivity index (χ2v) is 4.12. The quantitative estimate of drug-likeness (QED) is 0.837. The summed E-state index contributed by atoms with van der Waals surface area (Å²) in [5.41, 5.74) is 0.747. The van der Waals surface area contributed by atoms with Gasteiger partial charge in [0.25, 0.3) is 0 Å². The minimum atomic E-state index is -0.248. The Balaban J connectivity index is 2.21. The van der Waals surface area contributed by atoms with Crippen LogP contribution in [-0.2, 0) is 0 Å². The maximum absolute atomic E-state index is 12.1. The number of aromatic nitrogens is 2. The molecule has 1 aromatic heterocycles. The molecule has 106 valence electrons. The van der Waals surface area contributed by atoms with E-state index >= 15 is 0 Å². The molecule has 2 rings (SSSR count). The average Bonchev–Trinajstić information content (AvgIpc) is 2.98. The van der Waals surface area contributed by atoms with Gasteiger partial charge in [0, 0.05) is 18.7 Å². The summed E-state index contributed by atoms with van der Waals surface area (Å²) in [4.78, 5) is 13.7. The lowest BCUT2D eigenvalue weighted by Crippen LogP contribution is -2.30. The predicted octanol–water partition coefficient (Wildman–Crippen LogP) is 2.23. The highest BCUT2D eigenvalue weighted by atomic mass is 16.5.